The first-order valence-corrected chi connectivity index (χ1v) is 7.93. The standard InChI is InChI=1S/C14H16BrClN2O/c15-10-3-4-12-13(8-10)18(14(9-16)17-12)6-5-11-2-1-7-19-11/h3-4,8,11H,1-2,5-7,9H2. The number of aryl methyl sites for hydroxylation is 1. The van der Waals surface area contributed by atoms with Gasteiger partial charge in [-0.1, -0.05) is 15.9 Å². The molecule has 5 heteroatoms. The fraction of sp³-hybridized carbons (Fsp3) is 0.500. The molecule has 3 rings (SSSR count). The molecule has 1 aliphatic rings. The van der Waals surface area contributed by atoms with Gasteiger partial charge in [0, 0.05) is 17.6 Å². The Kier molecular flexibility index (Phi) is 4.10. The van der Waals surface area contributed by atoms with Gasteiger partial charge in [-0.2, -0.15) is 0 Å². The Labute approximate surface area is 126 Å². The van der Waals surface area contributed by atoms with Crippen molar-refractivity contribution in [2.75, 3.05) is 6.61 Å². The van der Waals surface area contributed by atoms with Crippen LogP contribution in [0.4, 0.5) is 0 Å². The van der Waals surface area contributed by atoms with Gasteiger partial charge in [0.1, 0.15) is 5.82 Å². The molecule has 3 nitrogen and oxygen atoms in total. The zero-order valence-electron chi connectivity index (χ0n) is 10.6. The molecule has 19 heavy (non-hydrogen) atoms. The lowest BCUT2D eigenvalue weighted by Gasteiger charge is -2.12. The second-order valence-electron chi connectivity index (χ2n) is 4.87. The smallest absolute Gasteiger partial charge is 0.124 e. The van der Waals surface area contributed by atoms with Gasteiger partial charge in [0.2, 0.25) is 0 Å². The zero-order chi connectivity index (χ0) is 13.2. The Balaban J connectivity index is 1.88. The topological polar surface area (TPSA) is 27.1 Å². The van der Waals surface area contributed by atoms with Crippen molar-refractivity contribution in [3.63, 3.8) is 0 Å². The fourth-order valence-corrected chi connectivity index (χ4v) is 3.20. The molecule has 0 aliphatic carbocycles. The van der Waals surface area contributed by atoms with Crippen LogP contribution in [0.3, 0.4) is 0 Å². The molecule has 1 unspecified atom stereocenters. The van der Waals surface area contributed by atoms with Gasteiger partial charge < -0.3 is 9.30 Å². The Morgan fingerprint density at radius 2 is 2.37 bits per heavy atom. The fourth-order valence-electron chi connectivity index (χ4n) is 2.64. The van der Waals surface area contributed by atoms with Crippen molar-refractivity contribution in [1.82, 2.24) is 9.55 Å². The van der Waals surface area contributed by atoms with Crippen LogP contribution in [0.15, 0.2) is 22.7 Å². The van der Waals surface area contributed by atoms with E-state index in [0.717, 1.165) is 40.9 Å². The summed E-state index contributed by atoms with van der Waals surface area (Å²) in [5.74, 6) is 1.38. The van der Waals surface area contributed by atoms with E-state index in [1.54, 1.807) is 0 Å². The summed E-state index contributed by atoms with van der Waals surface area (Å²) in [6, 6.07) is 6.14. The van der Waals surface area contributed by atoms with E-state index in [4.69, 9.17) is 16.3 Å². The van der Waals surface area contributed by atoms with Crippen LogP contribution in [-0.4, -0.2) is 22.3 Å². The molecule has 2 heterocycles. The third-order valence-corrected chi connectivity index (χ3v) is 4.34. The number of alkyl halides is 1. The summed E-state index contributed by atoms with van der Waals surface area (Å²) < 4.78 is 8.97. The molecule has 1 aromatic heterocycles. The van der Waals surface area contributed by atoms with Crippen molar-refractivity contribution in [3.8, 4) is 0 Å². The molecular weight excluding hydrogens is 328 g/mol. The van der Waals surface area contributed by atoms with E-state index < -0.39 is 0 Å². The number of aromatic nitrogens is 2. The van der Waals surface area contributed by atoms with Gasteiger partial charge in [-0.15, -0.1) is 11.6 Å². The molecule has 2 aromatic rings. The molecule has 1 aliphatic heterocycles. The number of ether oxygens (including phenoxy) is 1. The number of fused-ring (bicyclic) bond motifs is 1. The van der Waals surface area contributed by atoms with Crippen LogP contribution in [0.1, 0.15) is 25.1 Å². The number of imidazole rings is 1. The van der Waals surface area contributed by atoms with Crippen LogP contribution in [0.5, 0.6) is 0 Å². The lowest BCUT2D eigenvalue weighted by Crippen LogP contribution is -2.11. The van der Waals surface area contributed by atoms with Crippen LogP contribution in [0.25, 0.3) is 11.0 Å². The van der Waals surface area contributed by atoms with Crippen LogP contribution < -0.4 is 0 Å². The van der Waals surface area contributed by atoms with Gasteiger partial charge in [0.05, 0.1) is 23.0 Å². The largest absolute Gasteiger partial charge is 0.378 e. The molecule has 0 amide bonds. The predicted octanol–water partition coefficient (Wildman–Crippen LogP) is 4.11. The van der Waals surface area contributed by atoms with Crippen molar-refractivity contribution < 1.29 is 4.74 Å². The highest BCUT2D eigenvalue weighted by Crippen LogP contribution is 2.24. The molecule has 0 radical (unpaired) electrons. The summed E-state index contributed by atoms with van der Waals surface area (Å²) in [5.41, 5.74) is 2.15. The first-order valence-electron chi connectivity index (χ1n) is 6.60. The van der Waals surface area contributed by atoms with Crippen molar-refractivity contribution in [2.24, 2.45) is 0 Å². The summed E-state index contributed by atoms with van der Waals surface area (Å²) >= 11 is 9.53. The Morgan fingerprint density at radius 1 is 1.47 bits per heavy atom. The highest BCUT2D eigenvalue weighted by Gasteiger charge is 2.17. The lowest BCUT2D eigenvalue weighted by molar-refractivity contribution is 0.100. The minimum Gasteiger partial charge on any atom is -0.378 e. The Bertz CT molecular complexity index is 578. The minimum atomic E-state index is 0.396. The highest BCUT2D eigenvalue weighted by atomic mass is 79.9. The second kappa shape index (κ2) is 5.81. The van der Waals surface area contributed by atoms with Gasteiger partial charge in [-0.3, -0.25) is 0 Å². The molecule has 1 fully saturated rings. The van der Waals surface area contributed by atoms with Gasteiger partial charge in [-0.25, -0.2) is 4.98 Å². The van der Waals surface area contributed by atoms with Crippen LogP contribution in [-0.2, 0) is 17.2 Å². The SMILES string of the molecule is ClCc1nc2ccc(Br)cc2n1CCC1CCCO1. The van der Waals surface area contributed by atoms with Crippen LogP contribution in [0, 0.1) is 0 Å². The number of halogens is 2. The Hall–Kier alpha value is -0.580. The van der Waals surface area contributed by atoms with E-state index in [-0.39, 0.29) is 0 Å². The molecular formula is C14H16BrClN2O. The van der Waals surface area contributed by atoms with E-state index in [9.17, 15) is 0 Å². The molecule has 0 spiro atoms. The number of nitrogens with zero attached hydrogens (tertiary/aromatic N) is 2. The van der Waals surface area contributed by atoms with Crippen molar-refractivity contribution in [1.29, 1.82) is 0 Å². The van der Waals surface area contributed by atoms with Gasteiger partial charge in [-0.05, 0) is 37.5 Å². The maximum absolute atomic E-state index is 6.01. The number of benzene rings is 1. The molecule has 0 saturated carbocycles. The maximum atomic E-state index is 6.01. The molecule has 1 aromatic carbocycles. The van der Waals surface area contributed by atoms with E-state index in [1.807, 2.05) is 12.1 Å². The number of hydrogen-bond acceptors (Lipinski definition) is 2. The van der Waals surface area contributed by atoms with Crippen molar-refractivity contribution in [3.05, 3.63) is 28.5 Å². The van der Waals surface area contributed by atoms with Gasteiger partial charge in [0.25, 0.3) is 0 Å². The summed E-state index contributed by atoms with van der Waals surface area (Å²) in [6.45, 7) is 1.82. The first-order chi connectivity index (χ1) is 9.28. The van der Waals surface area contributed by atoms with Gasteiger partial charge >= 0.3 is 0 Å². The third-order valence-electron chi connectivity index (χ3n) is 3.61. The summed E-state index contributed by atoms with van der Waals surface area (Å²) in [7, 11) is 0. The molecule has 1 saturated heterocycles. The Morgan fingerprint density at radius 3 is 3.11 bits per heavy atom. The van der Waals surface area contributed by atoms with Crippen LogP contribution in [0.2, 0.25) is 0 Å². The predicted molar refractivity (Wildman–Crippen MR) is 80.6 cm³/mol. The summed E-state index contributed by atoms with van der Waals surface area (Å²) in [6.07, 6.45) is 3.78. The summed E-state index contributed by atoms with van der Waals surface area (Å²) in [4.78, 5) is 4.59. The van der Waals surface area contributed by atoms with E-state index in [0.29, 0.717) is 12.0 Å². The number of rotatable bonds is 4. The zero-order valence-corrected chi connectivity index (χ0v) is 13.0. The van der Waals surface area contributed by atoms with Gasteiger partial charge in [0.15, 0.2) is 0 Å². The van der Waals surface area contributed by atoms with E-state index in [2.05, 4.69) is 31.5 Å². The molecule has 0 N–H and O–H groups in total. The average molecular weight is 344 g/mol. The lowest BCUT2D eigenvalue weighted by atomic mass is 10.2. The normalized spacial score (nSPS) is 19.4. The second-order valence-corrected chi connectivity index (χ2v) is 6.05. The minimum absolute atomic E-state index is 0.396. The molecule has 102 valence electrons. The van der Waals surface area contributed by atoms with Crippen LogP contribution >= 0.6 is 27.5 Å². The first kappa shape index (κ1) is 13.4. The van der Waals surface area contributed by atoms with Crippen molar-refractivity contribution in [2.45, 2.75) is 37.8 Å². The van der Waals surface area contributed by atoms with Crippen molar-refractivity contribution >= 4 is 38.6 Å². The quantitative estimate of drug-likeness (QED) is 0.781. The third kappa shape index (κ3) is 2.81. The monoisotopic (exact) mass is 342 g/mol. The summed E-state index contributed by atoms with van der Waals surface area (Å²) in [5, 5.41) is 0. The van der Waals surface area contributed by atoms with E-state index >= 15 is 0 Å². The molecule has 1 atom stereocenters. The average Bonchev–Trinajstić information content (AvgIpc) is 3.03. The van der Waals surface area contributed by atoms with E-state index in [1.165, 1.54) is 12.8 Å². The molecule has 0 bridgehead atoms. The maximum Gasteiger partial charge on any atom is 0.124 e. The number of hydrogen-bond donors (Lipinski definition) is 0. The highest BCUT2D eigenvalue weighted by molar-refractivity contribution is 9.10.